The Morgan fingerprint density at radius 3 is 1.11 bits per heavy atom. The van der Waals surface area contributed by atoms with E-state index in [9.17, 15) is 0 Å². The van der Waals surface area contributed by atoms with E-state index in [0.29, 0.717) is 0 Å². The first-order chi connectivity index (χ1) is 39.4. The molecule has 0 unspecified atom stereocenters. The van der Waals surface area contributed by atoms with Crippen LogP contribution in [0.2, 0.25) is 0 Å². The Morgan fingerprint density at radius 2 is 0.725 bits per heavy atom. The highest BCUT2D eigenvalue weighted by Crippen LogP contribution is 2.66. The van der Waals surface area contributed by atoms with Crippen LogP contribution >= 0.6 is 90.7 Å². The number of ether oxygens (including phenoxy) is 1. The second-order valence-electron chi connectivity index (χ2n) is 22.9. The lowest BCUT2D eigenvalue weighted by Crippen LogP contribution is -2.25. The molecule has 2 aliphatic rings. The fourth-order valence-corrected chi connectivity index (χ4v) is 22.9. The fourth-order valence-electron chi connectivity index (χ4n) is 12.8. The van der Waals surface area contributed by atoms with E-state index in [-0.39, 0.29) is 10.8 Å². The monoisotopic (exact) mass is 1210 g/mol. The lowest BCUT2D eigenvalue weighted by Gasteiger charge is -2.29. The fraction of sp³-hybridized carbons (Fsp3) is 0.465. The molecule has 80 heavy (non-hydrogen) atoms. The highest BCUT2D eigenvalue weighted by Gasteiger charge is 2.52. The van der Waals surface area contributed by atoms with Crippen molar-refractivity contribution in [3.8, 4) is 46.1 Å². The summed E-state index contributed by atoms with van der Waals surface area (Å²) in [7, 11) is 0. The number of rotatable bonds is 32. The van der Waals surface area contributed by atoms with Gasteiger partial charge in [-0.05, 0) is 194 Å². The molecule has 0 bridgehead atoms. The quantitative estimate of drug-likeness (QED) is 0.0382. The first-order valence-corrected chi connectivity index (χ1v) is 37.6. The summed E-state index contributed by atoms with van der Waals surface area (Å²) in [6, 6.07) is 35.1. The van der Waals surface area contributed by atoms with E-state index in [2.05, 4.69) is 183 Å². The van der Waals surface area contributed by atoms with Crippen molar-refractivity contribution in [3.63, 3.8) is 0 Å². The Bertz CT molecular complexity index is 3320. The highest BCUT2D eigenvalue weighted by atomic mass is 32.1. The normalized spacial score (nSPS) is 13.8. The smallest absolute Gasteiger partial charge is 0.128 e. The van der Waals surface area contributed by atoms with Crippen molar-refractivity contribution in [2.75, 3.05) is 6.61 Å². The summed E-state index contributed by atoms with van der Waals surface area (Å²) in [6.45, 7) is 14.7. The number of thiophene rings is 8. The molecule has 0 saturated carbocycles. The standard InChI is InChI=1S/C71H84OS8/c1-7-12-17-22-27-49-31-35-62(75-49)70(63-36-32-50(76-63)28-23-18-13-8-2)55-39-42-73-66(55)68-57(70)46-60(79-68)53-45-59(72-41-26-21-16-11-5)54(44-48(53)6)61-47-58-69(80-61)67-56(40-43-74-67)71(58,64-37-33-51(77-64)29-24-19-14-9-3)65-38-34-52(78-65)30-25-20-15-10-4/h31-40,42-47H,7-30,41H2,1-6H3. The molecule has 0 radical (unpaired) electrons. The average Bonchev–Trinajstić information content (AvgIpc) is 2.41. The van der Waals surface area contributed by atoms with Gasteiger partial charge in [0.1, 0.15) is 5.75 Å². The van der Waals surface area contributed by atoms with Crippen LogP contribution in [0.5, 0.6) is 5.75 Å². The predicted molar refractivity (Wildman–Crippen MR) is 361 cm³/mol. The highest BCUT2D eigenvalue weighted by molar-refractivity contribution is 7.25. The molecule has 9 heteroatoms. The van der Waals surface area contributed by atoms with Gasteiger partial charge in [-0.3, -0.25) is 0 Å². The van der Waals surface area contributed by atoms with E-state index < -0.39 is 0 Å². The van der Waals surface area contributed by atoms with E-state index in [4.69, 9.17) is 4.74 Å². The number of aryl methyl sites for hydroxylation is 5. The van der Waals surface area contributed by atoms with Crippen LogP contribution in [0.3, 0.4) is 0 Å². The van der Waals surface area contributed by atoms with Crippen molar-refractivity contribution in [2.45, 2.75) is 206 Å². The van der Waals surface area contributed by atoms with Gasteiger partial charge >= 0.3 is 0 Å². The van der Waals surface area contributed by atoms with Crippen molar-refractivity contribution >= 4 is 90.7 Å². The molecule has 0 aliphatic heterocycles. The van der Waals surface area contributed by atoms with Gasteiger partial charge in [-0.25, -0.2) is 0 Å². The first kappa shape index (κ1) is 58.4. The summed E-state index contributed by atoms with van der Waals surface area (Å²) in [4.78, 5) is 20.6. The SMILES string of the molecule is CCCCCCOc1cc(-c2cc3c(s2)-c2sccc2C3(c2ccc(CCCCCC)s2)c2ccc(CCCCCC)s2)c(C)cc1-c1cc2c(s1)-c1sccc1C2(c1ccc(CCCCCC)s1)c1ccc(CCCCCC)s1. The number of benzene rings is 1. The van der Waals surface area contributed by atoms with Crippen LogP contribution in [0.4, 0.5) is 0 Å². The zero-order valence-corrected chi connectivity index (χ0v) is 55.1. The van der Waals surface area contributed by atoms with Gasteiger partial charge < -0.3 is 4.74 Å². The minimum Gasteiger partial charge on any atom is -0.493 e. The second kappa shape index (κ2) is 27.1. The molecular formula is C71H84OS8. The van der Waals surface area contributed by atoms with Gasteiger partial charge in [0.05, 0.1) is 27.2 Å². The number of fused-ring (bicyclic) bond motifs is 6. The van der Waals surface area contributed by atoms with Gasteiger partial charge in [-0.1, -0.05) is 131 Å². The molecule has 422 valence electrons. The molecule has 8 aromatic heterocycles. The molecule has 0 saturated heterocycles. The van der Waals surface area contributed by atoms with Gasteiger partial charge in [0.15, 0.2) is 0 Å². The molecule has 11 rings (SSSR count). The third-order valence-corrected chi connectivity index (χ3v) is 26.7. The minimum atomic E-state index is -0.324. The molecule has 0 amide bonds. The summed E-state index contributed by atoms with van der Waals surface area (Å²) in [5.74, 6) is 1.03. The maximum Gasteiger partial charge on any atom is 0.128 e. The van der Waals surface area contributed by atoms with E-state index in [0.717, 1.165) is 18.8 Å². The van der Waals surface area contributed by atoms with Crippen molar-refractivity contribution in [1.82, 2.24) is 0 Å². The van der Waals surface area contributed by atoms with Gasteiger partial charge in [0, 0.05) is 64.1 Å². The van der Waals surface area contributed by atoms with E-state index in [1.54, 1.807) is 0 Å². The van der Waals surface area contributed by atoms with Crippen LogP contribution < -0.4 is 4.74 Å². The Hall–Kier alpha value is -3.38. The van der Waals surface area contributed by atoms with Crippen LogP contribution in [0.1, 0.15) is 230 Å². The summed E-state index contributed by atoms with van der Waals surface area (Å²) in [5, 5.41) is 4.74. The summed E-state index contributed by atoms with van der Waals surface area (Å²) < 4.78 is 7.17. The zero-order chi connectivity index (χ0) is 55.1. The van der Waals surface area contributed by atoms with Crippen LogP contribution in [0, 0.1) is 6.92 Å². The zero-order valence-electron chi connectivity index (χ0n) is 48.6. The molecule has 0 N–H and O–H groups in total. The van der Waals surface area contributed by atoms with Gasteiger partial charge in [-0.15, -0.1) is 90.7 Å². The summed E-state index contributed by atoms with van der Waals surface area (Å²) in [6.07, 6.45) is 30.1. The lowest BCUT2D eigenvalue weighted by molar-refractivity contribution is 0.306. The average molecular weight is 1210 g/mol. The number of unbranched alkanes of at least 4 members (excludes halogenated alkanes) is 15. The molecular weight excluding hydrogens is 1130 g/mol. The Balaban J connectivity index is 1.02. The Labute approximate surface area is 512 Å². The van der Waals surface area contributed by atoms with E-state index in [1.807, 2.05) is 45.3 Å². The third-order valence-electron chi connectivity index (χ3n) is 17.2. The molecule has 2 aliphatic carbocycles. The summed E-state index contributed by atoms with van der Waals surface area (Å²) >= 11 is 16.3. The van der Waals surface area contributed by atoms with Crippen molar-refractivity contribution in [2.24, 2.45) is 0 Å². The van der Waals surface area contributed by atoms with Crippen LogP contribution in [-0.2, 0) is 36.5 Å². The van der Waals surface area contributed by atoms with Crippen LogP contribution in [0.25, 0.3) is 40.4 Å². The molecule has 0 fully saturated rings. The topological polar surface area (TPSA) is 9.23 Å². The molecule has 0 atom stereocenters. The maximum atomic E-state index is 7.17. The molecule has 8 heterocycles. The van der Waals surface area contributed by atoms with E-state index in [1.165, 1.54) is 255 Å². The van der Waals surface area contributed by atoms with Crippen molar-refractivity contribution in [1.29, 1.82) is 0 Å². The van der Waals surface area contributed by atoms with Gasteiger partial charge in [-0.2, -0.15) is 0 Å². The maximum absolute atomic E-state index is 7.17. The number of hydrogen-bond donors (Lipinski definition) is 0. The number of hydrogen-bond acceptors (Lipinski definition) is 9. The Morgan fingerprint density at radius 1 is 0.350 bits per heavy atom. The van der Waals surface area contributed by atoms with Crippen LogP contribution in [-0.4, -0.2) is 6.61 Å². The molecule has 9 aromatic rings. The Kier molecular flexibility index (Phi) is 19.8. The molecule has 0 spiro atoms. The largest absolute Gasteiger partial charge is 0.493 e. The third kappa shape index (κ3) is 11.5. The van der Waals surface area contributed by atoms with Crippen molar-refractivity contribution < 1.29 is 4.74 Å². The minimum absolute atomic E-state index is 0.314. The van der Waals surface area contributed by atoms with Crippen LogP contribution in [0.15, 0.2) is 95.7 Å². The molecule has 1 aromatic carbocycles. The lowest BCUT2D eigenvalue weighted by atomic mass is 9.76. The first-order valence-electron chi connectivity index (χ1n) is 31.0. The predicted octanol–water partition coefficient (Wildman–Crippen LogP) is 25.0. The van der Waals surface area contributed by atoms with Gasteiger partial charge in [0.25, 0.3) is 0 Å². The molecule has 1 nitrogen and oxygen atoms in total. The second-order valence-corrected chi connectivity index (χ2v) is 31.5. The van der Waals surface area contributed by atoms with Crippen molar-refractivity contribution in [3.05, 3.63) is 163 Å². The van der Waals surface area contributed by atoms with Gasteiger partial charge in [0.2, 0.25) is 0 Å². The van der Waals surface area contributed by atoms with E-state index >= 15 is 0 Å². The summed E-state index contributed by atoms with van der Waals surface area (Å²) in [5.41, 5.74) is 9.17.